The fraction of sp³-hybridized carbons (Fsp3) is 0.435. The van der Waals surface area contributed by atoms with Crippen LogP contribution in [0.3, 0.4) is 0 Å². The van der Waals surface area contributed by atoms with Gasteiger partial charge in [0.2, 0.25) is 5.95 Å². The highest BCUT2D eigenvalue weighted by molar-refractivity contribution is 6.36. The summed E-state index contributed by atoms with van der Waals surface area (Å²) in [6.07, 6.45) is 9.58. The summed E-state index contributed by atoms with van der Waals surface area (Å²) in [4.78, 5) is 19.7. The molecule has 172 valence electrons. The molecule has 9 nitrogen and oxygen atoms in total. The summed E-state index contributed by atoms with van der Waals surface area (Å²) in [5.41, 5.74) is 10.0. The number of nitrogens with one attached hydrogen (secondary N) is 2. The van der Waals surface area contributed by atoms with E-state index in [1.807, 2.05) is 31.7 Å². The number of piperidine rings is 1. The molecule has 6 rings (SSSR count). The van der Waals surface area contributed by atoms with Crippen LogP contribution in [-0.2, 0) is 4.74 Å². The largest absolute Gasteiger partial charge is 0.376 e. The Bertz CT molecular complexity index is 1340. The third-order valence-corrected chi connectivity index (χ3v) is 7.84. The average Bonchev–Trinajstić information content (AvgIpc) is 3.54. The van der Waals surface area contributed by atoms with E-state index in [1.165, 1.54) is 0 Å². The summed E-state index contributed by atoms with van der Waals surface area (Å²) >= 11 is 6.65. The van der Waals surface area contributed by atoms with Crippen molar-refractivity contribution in [3.8, 4) is 11.1 Å². The minimum Gasteiger partial charge on any atom is -0.376 e. The first-order valence-corrected chi connectivity index (χ1v) is 11.7. The quantitative estimate of drug-likeness (QED) is 0.425. The van der Waals surface area contributed by atoms with Gasteiger partial charge in [0.1, 0.15) is 11.5 Å². The molecule has 4 aromatic heterocycles. The van der Waals surface area contributed by atoms with E-state index in [0.29, 0.717) is 10.8 Å². The summed E-state index contributed by atoms with van der Waals surface area (Å²) in [6.45, 7) is 4.58. The second-order valence-electron chi connectivity index (χ2n) is 9.12. The van der Waals surface area contributed by atoms with E-state index in [2.05, 4.69) is 36.5 Å². The molecule has 2 aliphatic heterocycles. The minimum atomic E-state index is 0.0663. The molecule has 0 aromatic carbocycles. The Morgan fingerprint density at radius 3 is 2.79 bits per heavy atom. The van der Waals surface area contributed by atoms with Crippen molar-refractivity contribution in [1.82, 2.24) is 24.3 Å². The number of ether oxygens (including phenoxy) is 1. The summed E-state index contributed by atoms with van der Waals surface area (Å²) in [7, 11) is 1.81. The van der Waals surface area contributed by atoms with Crippen LogP contribution in [0.2, 0.25) is 5.02 Å². The van der Waals surface area contributed by atoms with E-state index in [1.54, 1.807) is 6.20 Å². The van der Waals surface area contributed by atoms with Gasteiger partial charge in [-0.05, 0) is 25.8 Å². The first-order valence-electron chi connectivity index (χ1n) is 11.3. The average molecular weight is 467 g/mol. The van der Waals surface area contributed by atoms with Gasteiger partial charge in [-0.3, -0.25) is 4.40 Å². The molecule has 4 N–H and O–H groups in total. The van der Waals surface area contributed by atoms with Gasteiger partial charge >= 0.3 is 0 Å². The molecule has 0 unspecified atom stereocenters. The van der Waals surface area contributed by atoms with Crippen LogP contribution in [0.5, 0.6) is 0 Å². The summed E-state index contributed by atoms with van der Waals surface area (Å²) in [5.74, 6) is 1.52. The third-order valence-electron chi connectivity index (χ3n) is 7.46. The number of hydrogen-bond acceptors (Lipinski definition) is 7. The number of H-pyrrole nitrogens is 1. The molecule has 10 heteroatoms. The molecule has 2 saturated heterocycles. The minimum absolute atomic E-state index is 0.0663. The Balaban J connectivity index is 1.41. The highest BCUT2D eigenvalue weighted by Crippen LogP contribution is 2.43. The molecule has 1 spiro atoms. The molecular weight excluding hydrogens is 440 g/mol. The van der Waals surface area contributed by atoms with E-state index in [4.69, 9.17) is 27.1 Å². The number of aromatic amines is 1. The van der Waals surface area contributed by atoms with Crippen molar-refractivity contribution in [2.75, 3.05) is 37.0 Å². The standard InChI is InChI=1S/C23H27ClN8O/c1-13-18(25)23(12-33-13)4-8-31(9-5-23)22-30-19-16(21-28-7-10-32(21)22)15(11-29-19)14-3-6-27-20(26-2)17(14)24/h3,6-7,10-11,13,18,29H,4-5,8-9,12,25H2,1-2H3,(H,26,27)/t13-,18+/m0/s1. The van der Waals surface area contributed by atoms with Crippen molar-refractivity contribution in [1.29, 1.82) is 0 Å². The van der Waals surface area contributed by atoms with Crippen LogP contribution in [0.15, 0.2) is 30.9 Å². The van der Waals surface area contributed by atoms with Crippen molar-refractivity contribution in [2.24, 2.45) is 11.1 Å². The van der Waals surface area contributed by atoms with E-state index >= 15 is 0 Å². The predicted octanol–water partition coefficient (Wildman–Crippen LogP) is 3.30. The van der Waals surface area contributed by atoms with Gasteiger partial charge in [-0.15, -0.1) is 0 Å². The van der Waals surface area contributed by atoms with Gasteiger partial charge < -0.3 is 25.7 Å². The lowest BCUT2D eigenvalue weighted by molar-refractivity contribution is 0.0973. The van der Waals surface area contributed by atoms with Crippen LogP contribution in [0.1, 0.15) is 19.8 Å². The second-order valence-corrected chi connectivity index (χ2v) is 9.50. The number of nitrogens with zero attached hydrogens (tertiary/aromatic N) is 5. The lowest BCUT2D eigenvalue weighted by Crippen LogP contribution is -2.51. The topological polar surface area (TPSA) is 109 Å². The summed E-state index contributed by atoms with van der Waals surface area (Å²) in [5, 5.41) is 4.55. The molecule has 2 aliphatic rings. The maximum absolute atomic E-state index is 6.65. The van der Waals surface area contributed by atoms with Gasteiger partial charge in [0.05, 0.1) is 23.1 Å². The molecule has 6 heterocycles. The Labute approximate surface area is 196 Å². The van der Waals surface area contributed by atoms with Gasteiger partial charge in [0.15, 0.2) is 5.65 Å². The first kappa shape index (κ1) is 20.7. The number of fused-ring (bicyclic) bond motifs is 3. The Kier molecular flexibility index (Phi) is 4.76. The molecule has 4 aromatic rings. The lowest BCUT2D eigenvalue weighted by Gasteiger charge is -2.41. The van der Waals surface area contributed by atoms with E-state index < -0.39 is 0 Å². The number of halogens is 1. The van der Waals surface area contributed by atoms with Gasteiger partial charge in [0, 0.05) is 67.5 Å². The monoisotopic (exact) mass is 466 g/mol. The number of pyridine rings is 1. The van der Waals surface area contributed by atoms with Gasteiger partial charge in [-0.25, -0.2) is 9.97 Å². The van der Waals surface area contributed by atoms with Crippen molar-refractivity contribution >= 4 is 40.0 Å². The fourth-order valence-corrected chi connectivity index (χ4v) is 5.73. The molecule has 0 radical (unpaired) electrons. The van der Waals surface area contributed by atoms with Crippen molar-refractivity contribution in [3.05, 3.63) is 35.9 Å². The normalized spacial score (nSPS) is 22.6. The van der Waals surface area contributed by atoms with Crippen molar-refractivity contribution in [3.63, 3.8) is 0 Å². The predicted molar refractivity (Wildman–Crippen MR) is 130 cm³/mol. The number of hydrogen-bond donors (Lipinski definition) is 3. The molecule has 0 amide bonds. The molecule has 0 saturated carbocycles. The van der Waals surface area contributed by atoms with Crippen LogP contribution < -0.4 is 16.0 Å². The number of anilines is 2. The summed E-state index contributed by atoms with van der Waals surface area (Å²) in [6, 6.07) is 2.00. The molecule has 2 fully saturated rings. The Hall–Kier alpha value is -2.88. The van der Waals surface area contributed by atoms with Crippen LogP contribution in [0.25, 0.3) is 27.8 Å². The zero-order valence-corrected chi connectivity index (χ0v) is 19.4. The highest BCUT2D eigenvalue weighted by atomic mass is 35.5. The zero-order chi connectivity index (χ0) is 22.7. The van der Waals surface area contributed by atoms with Gasteiger partial charge in [0.25, 0.3) is 0 Å². The van der Waals surface area contributed by atoms with Crippen molar-refractivity contribution in [2.45, 2.75) is 31.9 Å². The number of rotatable bonds is 3. The second kappa shape index (κ2) is 7.58. The van der Waals surface area contributed by atoms with E-state index in [9.17, 15) is 0 Å². The molecule has 2 atom stereocenters. The maximum Gasteiger partial charge on any atom is 0.213 e. The third kappa shape index (κ3) is 3.03. The Morgan fingerprint density at radius 1 is 1.24 bits per heavy atom. The Morgan fingerprint density at radius 2 is 2.06 bits per heavy atom. The van der Waals surface area contributed by atoms with Crippen LogP contribution in [0, 0.1) is 5.41 Å². The SMILES string of the molecule is CNc1nccc(-c2c[nH]c3nc(N4CCC5(CC4)CO[C@@H](C)[C@H]5N)n4ccnc4c23)c1Cl. The van der Waals surface area contributed by atoms with Crippen LogP contribution in [-0.4, -0.2) is 63.2 Å². The van der Waals surface area contributed by atoms with E-state index in [-0.39, 0.29) is 17.6 Å². The van der Waals surface area contributed by atoms with E-state index in [0.717, 1.165) is 66.3 Å². The first-order chi connectivity index (χ1) is 16.0. The van der Waals surface area contributed by atoms with Gasteiger partial charge in [-0.1, -0.05) is 11.6 Å². The lowest BCUT2D eigenvalue weighted by atomic mass is 9.73. The maximum atomic E-state index is 6.65. The van der Waals surface area contributed by atoms with Crippen molar-refractivity contribution < 1.29 is 4.74 Å². The van der Waals surface area contributed by atoms with Crippen LogP contribution >= 0.6 is 11.6 Å². The molecular formula is C23H27ClN8O. The fourth-order valence-electron chi connectivity index (χ4n) is 5.42. The number of imidazole rings is 1. The zero-order valence-electron chi connectivity index (χ0n) is 18.7. The number of nitrogens with two attached hydrogens (primary N) is 1. The molecule has 0 bridgehead atoms. The highest BCUT2D eigenvalue weighted by Gasteiger charge is 2.47. The van der Waals surface area contributed by atoms with Crippen LogP contribution in [0.4, 0.5) is 11.8 Å². The van der Waals surface area contributed by atoms with Gasteiger partial charge in [-0.2, -0.15) is 4.98 Å². The number of aromatic nitrogens is 5. The summed E-state index contributed by atoms with van der Waals surface area (Å²) < 4.78 is 7.96. The molecule has 33 heavy (non-hydrogen) atoms. The smallest absolute Gasteiger partial charge is 0.213 e. The molecule has 0 aliphatic carbocycles.